The van der Waals surface area contributed by atoms with Gasteiger partial charge >= 0.3 is 0 Å². The lowest BCUT2D eigenvalue weighted by Gasteiger charge is -2.26. The van der Waals surface area contributed by atoms with Crippen LogP contribution < -0.4 is 5.73 Å². The maximum absolute atomic E-state index is 13.1. The number of carbonyl (C=O) groups is 1. The smallest absolute Gasteiger partial charge is 0.258 e. The molecular weight excluding hydrogens is 430 g/mol. The van der Waals surface area contributed by atoms with Crippen LogP contribution in [0, 0.1) is 5.92 Å². The van der Waals surface area contributed by atoms with Crippen molar-refractivity contribution in [3.05, 3.63) is 41.0 Å². The fourth-order valence-electron chi connectivity index (χ4n) is 4.38. The van der Waals surface area contributed by atoms with E-state index in [1.807, 2.05) is 6.07 Å². The summed E-state index contributed by atoms with van der Waals surface area (Å²) < 4.78 is 28.7. The van der Waals surface area contributed by atoms with Crippen LogP contribution in [0.15, 0.2) is 39.4 Å². The molecule has 166 valence electrons. The molecule has 3 aromatic rings. The molecule has 1 aliphatic rings. The zero-order chi connectivity index (χ0) is 22.4. The van der Waals surface area contributed by atoms with Crippen LogP contribution in [-0.4, -0.2) is 23.9 Å². The van der Waals surface area contributed by atoms with Crippen molar-refractivity contribution in [1.29, 1.82) is 0 Å². The van der Waals surface area contributed by atoms with E-state index >= 15 is 0 Å². The van der Waals surface area contributed by atoms with Gasteiger partial charge in [0.05, 0.1) is 20.8 Å². The molecule has 0 unspecified atom stereocenters. The summed E-state index contributed by atoms with van der Waals surface area (Å²) in [5.41, 5.74) is 6.79. The summed E-state index contributed by atoms with van der Waals surface area (Å²) in [6.07, 6.45) is 6.33. The van der Waals surface area contributed by atoms with Crippen LogP contribution in [0.25, 0.3) is 11.0 Å². The molecule has 2 N–H and O–H groups in total. The average Bonchev–Trinajstić information content (AvgIpc) is 3.34. The highest BCUT2D eigenvalue weighted by atomic mass is 32.2. The second kappa shape index (κ2) is 8.06. The molecule has 1 amide bonds. The number of sulfone groups is 1. The molecule has 1 saturated carbocycles. The van der Waals surface area contributed by atoms with Crippen molar-refractivity contribution in [1.82, 2.24) is 9.55 Å². The standard InChI is InChI=1S/C23H29N3O3S2/c1-23(2,3)22-25-17-13-16(31(28,29)20-12-11-19(30-20)21(24)27)9-10-18(17)26(22)14-15-7-5-4-6-8-15/h9-13,15H,4-8,14H2,1-3H3,(H2,24,27). The summed E-state index contributed by atoms with van der Waals surface area (Å²) in [4.78, 5) is 16.7. The first-order valence-electron chi connectivity index (χ1n) is 10.7. The Hall–Kier alpha value is -2.19. The Labute approximate surface area is 187 Å². The first kappa shape index (κ1) is 22.0. The molecule has 0 radical (unpaired) electrons. The lowest BCUT2D eigenvalue weighted by atomic mass is 9.88. The quantitative estimate of drug-likeness (QED) is 0.586. The number of primary amides is 1. The fraction of sp³-hybridized carbons (Fsp3) is 0.478. The Kier molecular flexibility index (Phi) is 5.72. The van der Waals surface area contributed by atoms with Gasteiger partial charge in [0.1, 0.15) is 10.0 Å². The first-order chi connectivity index (χ1) is 14.6. The number of nitrogens with zero attached hydrogens (tertiary/aromatic N) is 2. The monoisotopic (exact) mass is 459 g/mol. The molecule has 0 aliphatic heterocycles. The van der Waals surface area contributed by atoms with Crippen LogP contribution >= 0.6 is 11.3 Å². The molecular formula is C23H29N3O3S2. The van der Waals surface area contributed by atoms with E-state index in [1.54, 1.807) is 12.1 Å². The second-order valence-corrected chi connectivity index (χ2v) is 12.7. The molecule has 1 fully saturated rings. The van der Waals surface area contributed by atoms with Gasteiger partial charge in [-0.25, -0.2) is 13.4 Å². The Morgan fingerprint density at radius 1 is 1.16 bits per heavy atom. The van der Waals surface area contributed by atoms with Crippen LogP contribution in [-0.2, 0) is 21.8 Å². The van der Waals surface area contributed by atoms with Crippen LogP contribution in [0.3, 0.4) is 0 Å². The van der Waals surface area contributed by atoms with E-state index in [0.29, 0.717) is 11.4 Å². The molecule has 2 heterocycles. The highest BCUT2D eigenvalue weighted by Crippen LogP contribution is 2.34. The summed E-state index contributed by atoms with van der Waals surface area (Å²) in [5, 5.41) is 0. The minimum absolute atomic E-state index is 0.110. The van der Waals surface area contributed by atoms with Gasteiger partial charge in [0.15, 0.2) is 0 Å². The number of aromatic nitrogens is 2. The van der Waals surface area contributed by atoms with Crippen LogP contribution in [0.1, 0.15) is 68.4 Å². The van der Waals surface area contributed by atoms with Crippen molar-refractivity contribution >= 4 is 38.1 Å². The predicted molar refractivity (Wildman–Crippen MR) is 123 cm³/mol. The van der Waals surface area contributed by atoms with E-state index in [1.165, 1.54) is 44.2 Å². The van der Waals surface area contributed by atoms with Crippen molar-refractivity contribution in [2.24, 2.45) is 11.7 Å². The molecule has 0 spiro atoms. The Balaban J connectivity index is 1.77. The summed E-state index contributed by atoms with van der Waals surface area (Å²) in [7, 11) is -3.75. The zero-order valence-electron chi connectivity index (χ0n) is 18.2. The molecule has 2 aromatic heterocycles. The molecule has 4 rings (SSSR count). The van der Waals surface area contributed by atoms with Gasteiger partial charge in [0.2, 0.25) is 9.84 Å². The molecule has 0 bridgehead atoms. The number of nitrogens with two attached hydrogens (primary N) is 1. The Morgan fingerprint density at radius 2 is 1.87 bits per heavy atom. The lowest BCUT2D eigenvalue weighted by molar-refractivity contribution is 0.100. The molecule has 1 aliphatic carbocycles. The Morgan fingerprint density at radius 3 is 2.48 bits per heavy atom. The van der Waals surface area contributed by atoms with Gasteiger partial charge < -0.3 is 10.3 Å². The minimum Gasteiger partial charge on any atom is -0.365 e. The van der Waals surface area contributed by atoms with E-state index in [4.69, 9.17) is 10.7 Å². The number of fused-ring (bicyclic) bond motifs is 1. The number of benzene rings is 1. The molecule has 1 aromatic carbocycles. The van der Waals surface area contributed by atoms with Crippen molar-refractivity contribution in [2.45, 2.75) is 73.9 Å². The topological polar surface area (TPSA) is 95.1 Å². The van der Waals surface area contributed by atoms with Crippen molar-refractivity contribution < 1.29 is 13.2 Å². The molecule has 8 heteroatoms. The van der Waals surface area contributed by atoms with Crippen molar-refractivity contribution in [2.75, 3.05) is 0 Å². The van der Waals surface area contributed by atoms with Gasteiger partial charge in [-0.3, -0.25) is 4.79 Å². The maximum Gasteiger partial charge on any atom is 0.258 e. The minimum atomic E-state index is -3.75. The van der Waals surface area contributed by atoms with Gasteiger partial charge in [-0.2, -0.15) is 0 Å². The summed E-state index contributed by atoms with van der Waals surface area (Å²) in [5.74, 6) is 0.988. The number of hydrogen-bond donors (Lipinski definition) is 1. The fourth-order valence-corrected chi connectivity index (χ4v) is 6.96. The van der Waals surface area contributed by atoms with Crippen LogP contribution in [0.5, 0.6) is 0 Å². The van der Waals surface area contributed by atoms with E-state index in [0.717, 1.165) is 29.2 Å². The summed E-state index contributed by atoms with van der Waals surface area (Å²) in [6, 6.07) is 8.06. The van der Waals surface area contributed by atoms with Gasteiger partial charge in [-0.15, -0.1) is 11.3 Å². The third-order valence-electron chi connectivity index (χ3n) is 5.96. The normalized spacial score (nSPS) is 16.1. The van der Waals surface area contributed by atoms with E-state index in [2.05, 4.69) is 25.3 Å². The maximum atomic E-state index is 13.1. The third-order valence-corrected chi connectivity index (χ3v) is 9.30. The first-order valence-corrected chi connectivity index (χ1v) is 13.0. The van der Waals surface area contributed by atoms with E-state index in [-0.39, 0.29) is 19.4 Å². The highest BCUT2D eigenvalue weighted by molar-refractivity contribution is 7.93. The van der Waals surface area contributed by atoms with Gasteiger partial charge in [-0.05, 0) is 49.1 Å². The predicted octanol–water partition coefficient (Wildman–Crippen LogP) is 4.91. The largest absolute Gasteiger partial charge is 0.365 e. The van der Waals surface area contributed by atoms with E-state index in [9.17, 15) is 13.2 Å². The number of carbonyl (C=O) groups excluding carboxylic acids is 1. The van der Waals surface area contributed by atoms with Crippen molar-refractivity contribution in [3.63, 3.8) is 0 Å². The number of rotatable bonds is 5. The van der Waals surface area contributed by atoms with Gasteiger partial charge in [0, 0.05) is 12.0 Å². The second-order valence-electron chi connectivity index (χ2n) is 9.44. The van der Waals surface area contributed by atoms with E-state index < -0.39 is 15.7 Å². The molecule has 0 atom stereocenters. The third kappa shape index (κ3) is 4.28. The number of amides is 1. The number of imidazole rings is 1. The highest BCUT2D eigenvalue weighted by Gasteiger charge is 2.27. The average molecular weight is 460 g/mol. The lowest BCUT2D eigenvalue weighted by Crippen LogP contribution is -2.22. The SMILES string of the molecule is CC(C)(C)c1nc2cc(S(=O)(=O)c3ccc(C(N)=O)s3)ccc2n1CC1CCCCC1. The molecule has 0 saturated heterocycles. The zero-order valence-corrected chi connectivity index (χ0v) is 19.9. The van der Waals surface area contributed by atoms with Gasteiger partial charge in [-0.1, -0.05) is 40.0 Å². The van der Waals surface area contributed by atoms with Crippen LogP contribution in [0.2, 0.25) is 0 Å². The van der Waals surface area contributed by atoms with Crippen molar-refractivity contribution in [3.8, 4) is 0 Å². The molecule has 6 nitrogen and oxygen atoms in total. The Bertz CT molecular complexity index is 1230. The summed E-state index contributed by atoms with van der Waals surface area (Å²) >= 11 is 0.896. The molecule has 31 heavy (non-hydrogen) atoms. The summed E-state index contributed by atoms with van der Waals surface area (Å²) in [6.45, 7) is 7.34. The number of thiophene rings is 1. The van der Waals surface area contributed by atoms with Crippen LogP contribution in [0.4, 0.5) is 0 Å². The number of hydrogen-bond acceptors (Lipinski definition) is 5. The van der Waals surface area contributed by atoms with Gasteiger partial charge in [0.25, 0.3) is 5.91 Å².